The summed E-state index contributed by atoms with van der Waals surface area (Å²) in [6.07, 6.45) is -3.84. The number of hydrogen-bond acceptors (Lipinski definition) is 2. The van der Waals surface area contributed by atoms with Crippen LogP contribution in [0.15, 0.2) is 24.3 Å². The normalized spacial score (nSPS) is 20.1. The largest absolute Gasteiger partial charge is 0.416 e. The van der Waals surface area contributed by atoms with E-state index in [1.54, 1.807) is 0 Å². The molecule has 5 heteroatoms. The highest BCUT2D eigenvalue weighted by Crippen LogP contribution is 2.28. The van der Waals surface area contributed by atoms with E-state index in [-0.39, 0.29) is 6.10 Å². The van der Waals surface area contributed by atoms with Crippen molar-refractivity contribution in [1.82, 2.24) is 4.90 Å². The van der Waals surface area contributed by atoms with Crippen molar-refractivity contribution < 1.29 is 18.3 Å². The minimum Gasteiger partial charge on any atom is -0.392 e. The molecule has 0 saturated carbocycles. The molecule has 19 heavy (non-hydrogen) atoms. The lowest BCUT2D eigenvalue weighted by Gasteiger charge is -2.09. The molecular formula is C14H14F3NO. The fraction of sp³-hybridized carbons (Fsp3) is 0.429. The molecule has 1 aliphatic rings. The van der Waals surface area contributed by atoms with Crippen LogP contribution in [0.4, 0.5) is 13.2 Å². The minimum atomic E-state index is -4.31. The Labute approximate surface area is 109 Å². The molecule has 0 radical (unpaired) electrons. The Morgan fingerprint density at radius 3 is 2.47 bits per heavy atom. The first-order valence-corrected chi connectivity index (χ1v) is 6.02. The van der Waals surface area contributed by atoms with E-state index >= 15 is 0 Å². The summed E-state index contributed by atoms with van der Waals surface area (Å²) in [7, 11) is 0. The summed E-state index contributed by atoms with van der Waals surface area (Å²) in [5, 5.41) is 9.33. The molecule has 1 aliphatic heterocycles. The second-order valence-electron chi connectivity index (χ2n) is 4.55. The van der Waals surface area contributed by atoms with Gasteiger partial charge in [0.25, 0.3) is 0 Å². The average Bonchev–Trinajstić information content (AvgIpc) is 2.75. The predicted octanol–water partition coefficient (Wildman–Crippen LogP) is 2.12. The number of aliphatic hydroxyl groups excluding tert-OH is 1. The molecule has 1 fully saturated rings. The van der Waals surface area contributed by atoms with Crippen LogP contribution in [0.3, 0.4) is 0 Å². The summed E-state index contributed by atoms with van der Waals surface area (Å²) in [6, 6.07) is 4.80. The molecule has 0 unspecified atom stereocenters. The molecular weight excluding hydrogens is 255 g/mol. The summed E-state index contributed by atoms with van der Waals surface area (Å²) < 4.78 is 37.0. The van der Waals surface area contributed by atoms with Crippen LogP contribution < -0.4 is 0 Å². The molecule has 1 heterocycles. The van der Waals surface area contributed by atoms with Gasteiger partial charge in [0.1, 0.15) is 0 Å². The van der Waals surface area contributed by atoms with Crippen LogP contribution >= 0.6 is 0 Å². The zero-order valence-electron chi connectivity index (χ0n) is 10.2. The van der Waals surface area contributed by atoms with E-state index in [0.29, 0.717) is 18.7 Å². The highest BCUT2D eigenvalue weighted by Gasteiger charge is 2.29. The van der Waals surface area contributed by atoms with E-state index in [2.05, 4.69) is 11.8 Å². The van der Waals surface area contributed by atoms with Crippen molar-refractivity contribution in [3.8, 4) is 11.8 Å². The summed E-state index contributed by atoms with van der Waals surface area (Å²) >= 11 is 0. The van der Waals surface area contributed by atoms with Crippen molar-refractivity contribution in [2.24, 2.45) is 0 Å². The smallest absolute Gasteiger partial charge is 0.392 e. The summed E-state index contributed by atoms with van der Waals surface area (Å²) in [5.74, 6) is 5.73. The molecule has 1 N–H and O–H groups in total. The highest BCUT2D eigenvalue weighted by atomic mass is 19.4. The third kappa shape index (κ3) is 3.98. The van der Waals surface area contributed by atoms with Gasteiger partial charge in [-0.05, 0) is 30.7 Å². The highest BCUT2D eigenvalue weighted by molar-refractivity contribution is 5.37. The number of benzene rings is 1. The van der Waals surface area contributed by atoms with Gasteiger partial charge in [0.05, 0.1) is 18.2 Å². The first-order chi connectivity index (χ1) is 8.95. The van der Waals surface area contributed by atoms with Gasteiger partial charge in [-0.15, -0.1) is 0 Å². The van der Waals surface area contributed by atoms with Gasteiger partial charge in [0, 0.05) is 18.7 Å². The molecule has 102 valence electrons. The monoisotopic (exact) mass is 269 g/mol. The van der Waals surface area contributed by atoms with Crippen molar-refractivity contribution in [2.75, 3.05) is 19.6 Å². The Bertz CT molecular complexity index is 484. The zero-order chi connectivity index (χ0) is 13.9. The Morgan fingerprint density at radius 2 is 1.95 bits per heavy atom. The van der Waals surface area contributed by atoms with Crippen molar-refractivity contribution >= 4 is 0 Å². The third-order valence-electron chi connectivity index (χ3n) is 3.00. The van der Waals surface area contributed by atoms with Crippen LogP contribution in [0, 0.1) is 11.8 Å². The molecule has 0 aromatic heterocycles. The van der Waals surface area contributed by atoms with E-state index < -0.39 is 11.7 Å². The molecule has 0 bridgehead atoms. The molecule has 2 nitrogen and oxygen atoms in total. The van der Waals surface area contributed by atoms with Gasteiger partial charge in [-0.25, -0.2) is 0 Å². The van der Waals surface area contributed by atoms with Crippen LogP contribution in [0.5, 0.6) is 0 Å². The number of nitrogens with zero attached hydrogens (tertiary/aromatic N) is 1. The van der Waals surface area contributed by atoms with Crippen molar-refractivity contribution in [1.29, 1.82) is 0 Å². The zero-order valence-corrected chi connectivity index (χ0v) is 10.2. The Morgan fingerprint density at radius 1 is 1.26 bits per heavy atom. The number of β-amino-alcohol motifs (C(OH)–C–C–N with tert-alkyl or cyclic N) is 1. The van der Waals surface area contributed by atoms with Crippen LogP contribution in [-0.2, 0) is 6.18 Å². The van der Waals surface area contributed by atoms with Crippen molar-refractivity contribution in [3.05, 3.63) is 35.4 Å². The van der Waals surface area contributed by atoms with Crippen molar-refractivity contribution in [2.45, 2.75) is 18.7 Å². The second-order valence-corrected chi connectivity index (χ2v) is 4.55. The first-order valence-electron chi connectivity index (χ1n) is 6.02. The van der Waals surface area contributed by atoms with E-state index in [1.807, 2.05) is 4.90 Å². The van der Waals surface area contributed by atoms with Gasteiger partial charge in [-0.3, -0.25) is 4.90 Å². The molecule has 1 aromatic carbocycles. The molecule has 2 rings (SSSR count). The predicted molar refractivity (Wildman–Crippen MR) is 65.4 cm³/mol. The minimum absolute atomic E-state index is 0.284. The lowest BCUT2D eigenvalue weighted by molar-refractivity contribution is -0.137. The average molecular weight is 269 g/mol. The fourth-order valence-corrected chi connectivity index (χ4v) is 1.95. The number of hydrogen-bond donors (Lipinski definition) is 1. The Balaban J connectivity index is 1.93. The summed E-state index contributed by atoms with van der Waals surface area (Å²) in [5.41, 5.74) is -0.103. The lowest BCUT2D eigenvalue weighted by atomic mass is 10.1. The molecule has 1 atom stereocenters. The maximum Gasteiger partial charge on any atom is 0.416 e. The van der Waals surface area contributed by atoms with Gasteiger partial charge in [-0.2, -0.15) is 13.2 Å². The third-order valence-corrected chi connectivity index (χ3v) is 3.00. The number of alkyl halides is 3. The van der Waals surface area contributed by atoms with Crippen molar-refractivity contribution in [3.63, 3.8) is 0 Å². The van der Waals surface area contributed by atoms with E-state index in [9.17, 15) is 18.3 Å². The van der Waals surface area contributed by atoms with E-state index in [0.717, 1.165) is 25.1 Å². The van der Waals surface area contributed by atoms with Crippen LogP contribution in [0.2, 0.25) is 0 Å². The van der Waals surface area contributed by atoms with Crippen LogP contribution in [0.25, 0.3) is 0 Å². The van der Waals surface area contributed by atoms with E-state index in [4.69, 9.17) is 0 Å². The SMILES string of the molecule is O[C@H]1CCN(CC#Cc2ccc(C(F)(F)F)cc2)C1. The number of halogens is 3. The van der Waals surface area contributed by atoms with Gasteiger partial charge < -0.3 is 5.11 Å². The van der Waals surface area contributed by atoms with Gasteiger partial charge in [-0.1, -0.05) is 11.8 Å². The topological polar surface area (TPSA) is 23.5 Å². The quantitative estimate of drug-likeness (QED) is 0.789. The maximum absolute atomic E-state index is 12.3. The van der Waals surface area contributed by atoms with Gasteiger partial charge >= 0.3 is 6.18 Å². The number of aliphatic hydroxyl groups is 1. The number of likely N-dealkylation sites (tertiary alicyclic amines) is 1. The molecule has 0 aliphatic carbocycles. The molecule has 1 aromatic rings. The summed E-state index contributed by atoms with van der Waals surface area (Å²) in [6.45, 7) is 1.95. The Kier molecular flexibility index (Phi) is 4.13. The second kappa shape index (κ2) is 5.64. The maximum atomic E-state index is 12.3. The number of rotatable bonds is 1. The first kappa shape index (κ1) is 13.9. The fourth-order valence-electron chi connectivity index (χ4n) is 1.95. The molecule has 0 amide bonds. The van der Waals surface area contributed by atoms with Gasteiger partial charge in [0.15, 0.2) is 0 Å². The van der Waals surface area contributed by atoms with Crippen LogP contribution in [0.1, 0.15) is 17.5 Å². The summed E-state index contributed by atoms with van der Waals surface area (Å²) in [4.78, 5) is 2.02. The molecule has 0 spiro atoms. The Hall–Kier alpha value is -1.51. The van der Waals surface area contributed by atoms with Crippen LogP contribution in [-0.4, -0.2) is 35.7 Å². The molecule has 1 saturated heterocycles. The van der Waals surface area contributed by atoms with Gasteiger partial charge in [0.2, 0.25) is 0 Å². The standard InChI is InChI=1S/C14H14F3NO/c15-14(16,17)12-5-3-11(4-6-12)2-1-8-18-9-7-13(19)10-18/h3-6,13,19H,7-10H2/t13-/m0/s1. The lowest BCUT2D eigenvalue weighted by Crippen LogP contribution is -2.22. The van der Waals surface area contributed by atoms with E-state index in [1.165, 1.54) is 12.1 Å².